The van der Waals surface area contributed by atoms with Crippen molar-refractivity contribution < 1.29 is 23.4 Å². The second-order valence-corrected chi connectivity index (χ2v) is 9.62. The molecule has 40 heavy (non-hydrogen) atoms. The van der Waals surface area contributed by atoms with Crippen LogP contribution in [0.1, 0.15) is 11.1 Å². The van der Waals surface area contributed by atoms with Gasteiger partial charge in [-0.1, -0.05) is 24.3 Å². The summed E-state index contributed by atoms with van der Waals surface area (Å²) in [6.45, 7) is 4.82. The van der Waals surface area contributed by atoms with E-state index in [4.69, 9.17) is 18.6 Å². The van der Waals surface area contributed by atoms with E-state index in [-0.39, 0.29) is 5.91 Å². The first-order chi connectivity index (χ1) is 19.6. The minimum atomic E-state index is -0.00823. The van der Waals surface area contributed by atoms with Crippen LogP contribution in [0.25, 0.3) is 17.1 Å². The average molecular weight is 546 g/mol. The van der Waals surface area contributed by atoms with Gasteiger partial charge in [-0.15, -0.1) is 0 Å². The van der Waals surface area contributed by atoms with Gasteiger partial charge in [0.15, 0.2) is 17.3 Å². The lowest BCUT2D eigenvalue weighted by atomic mass is 10.1. The van der Waals surface area contributed by atoms with Crippen molar-refractivity contribution in [2.75, 3.05) is 54.1 Å². The Bertz CT molecular complexity index is 1410. The Kier molecular flexibility index (Phi) is 8.68. The number of rotatable bonds is 11. The highest BCUT2D eigenvalue weighted by molar-refractivity contribution is 5.78. The standard InChI is InChI=1S/C30H35N5O5/c1-37-26-10-9-23(29(38-2)30(26)39-3)19-33-13-15-34(16-14-33)20-28(36)31-18-22-17-27(40-21-22)25-11-12-35(32-25)24-7-5-4-6-8-24/h4-12,17,21H,13-16,18-20H2,1-3H3,(H,31,36). The van der Waals surface area contributed by atoms with Crippen molar-refractivity contribution in [1.29, 1.82) is 0 Å². The summed E-state index contributed by atoms with van der Waals surface area (Å²) in [6.07, 6.45) is 3.57. The van der Waals surface area contributed by atoms with Crippen molar-refractivity contribution >= 4 is 5.91 Å². The molecule has 1 aliphatic rings. The molecule has 0 saturated carbocycles. The van der Waals surface area contributed by atoms with Gasteiger partial charge in [-0.25, -0.2) is 4.68 Å². The predicted octanol–water partition coefficient (Wildman–Crippen LogP) is 3.59. The summed E-state index contributed by atoms with van der Waals surface area (Å²) in [5, 5.41) is 7.61. The lowest BCUT2D eigenvalue weighted by Gasteiger charge is -2.34. The van der Waals surface area contributed by atoms with Crippen molar-refractivity contribution in [2.24, 2.45) is 0 Å². The molecule has 0 unspecified atom stereocenters. The highest BCUT2D eigenvalue weighted by Gasteiger charge is 2.22. The molecule has 10 nitrogen and oxygen atoms in total. The summed E-state index contributed by atoms with van der Waals surface area (Å²) in [6, 6.07) is 17.6. The number of benzene rings is 2. The molecule has 1 fully saturated rings. The third kappa shape index (κ3) is 6.30. The monoisotopic (exact) mass is 545 g/mol. The normalized spacial score (nSPS) is 14.2. The summed E-state index contributed by atoms with van der Waals surface area (Å²) in [7, 11) is 4.86. The largest absolute Gasteiger partial charge is 0.493 e. The Morgan fingerprint density at radius 3 is 2.40 bits per heavy atom. The number of carbonyl (C=O) groups excluding carboxylic acids is 1. The van der Waals surface area contributed by atoms with E-state index in [1.165, 1.54) is 0 Å². The van der Waals surface area contributed by atoms with Crippen molar-refractivity contribution in [2.45, 2.75) is 13.1 Å². The molecule has 2 aromatic heterocycles. The molecule has 2 aromatic carbocycles. The molecule has 3 heterocycles. The maximum absolute atomic E-state index is 12.7. The molecular formula is C30H35N5O5. The molecule has 10 heteroatoms. The van der Waals surface area contributed by atoms with Gasteiger partial charge in [0.2, 0.25) is 11.7 Å². The van der Waals surface area contributed by atoms with Crippen LogP contribution < -0.4 is 19.5 Å². The quantitative estimate of drug-likeness (QED) is 0.306. The number of methoxy groups -OCH3 is 3. The highest BCUT2D eigenvalue weighted by Crippen LogP contribution is 2.40. The summed E-state index contributed by atoms with van der Waals surface area (Å²) in [5.74, 6) is 2.59. The van der Waals surface area contributed by atoms with E-state index in [0.717, 1.165) is 55.2 Å². The zero-order valence-electron chi connectivity index (χ0n) is 23.1. The predicted molar refractivity (Wildman–Crippen MR) is 151 cm³/mol. The van der Waals surface area contributed by atoms with Crippen LogP contribution in [0.3, 0.4) is 0 Å². The molecule has 4 aromatic rings. The Hall–Kier alpha value is -4.28. The fourth-order valence-electron chi connectivity index (χ4n) is 4.88. The fraction of sp³-hybridized carbons (Fsp3) is 0.333. The number of ether oxygens (including phenoxy) is 3. The number of aromatic nitrogens is 2. The molecule has 1 saturated heterocycles. The highest BCUT2D eigenvalue weighted by atomic mass is 16.5. The fourth-order valence-corrected chi connectivity index (χ4v) is 4.88. The molecule has 1 aliphatic heterocycles. The van der Waals surface area contributed by atoms with Crippen LogP contribution in [-0.4, -0.2) is 79.5 Å². The first-order valence-corrected chi connectivity index (χ1v) is 13.3. The van der Waals surface area contributed by atoms with Gasteiger partial charge < -0.3 is 23.9 Å². The molecule has 0 spiro atoms. The zero-order chi connectivity index (χ0) is 27.9. The van der Waals surface area contributed by atoms with Crippen LogP contribution >= 0.6 is 0 Å². The molecule has 0 radical (unpaired) electrons. The van der Waals surface area contributed by atoms with Gasteiger partial charge in [0, 0.05) is 56.6 Å². The summed E-state index contributed by atoms with van der Waals surface area (Å²) >= 11 is 0. The number of hydrogen-bond donors (Lipinski definition) is 1. The maximum atomic E-state index is 12.7. The molecule has 1 N–H and O–H groups in total. The van der Waals surface area contributed by atoms with E-state index in [2.05, 4.69) is 20.2 Å². The minimum Gasteiger partial charge on any atom is -0.493 e. The first-order valence-electron chi connectivity index (χ1n) is 13.3. The number of hydrogen-bond acceptors (Lipinski definition) is 8. The molecule has 1 amide bonds. The van der Waals surface area contributed by atoms with Gasteiger partial charge in [-0.05, 0) is 30.3 Å². The van der Waals surface area contributed by atoms with E-state index in [9.17, 15) is 4.79 Å². The van der Waals surface area contributed by atoms with Crippen LogP contribution in [0.2, 0.25) is 0 Å². The minimum absolute atomic E-state index is 0.00823. The van der Waals surface area contributed by atoms with Crippen LogP contribution in [-0.2, 0) is 17.9 Å². The number of furan rings is 1. The molecule has 0 atom stereocenters. The van der Waals surface area contributed by atoms with Gasteiger partial charge in [0.1, 0.15) is 5.69 Å². The molecular weight excluding hydrogens is 510 g/mol. The number of amides is 1. The van der Waals surface area contributed by atoms with Crippen molar-refractivity contribution in [3.63, 3.8) is 0 Å². The van der Waals surface area contributed by atoms with E-state index in [1.807, 2.05) is 65.5 Å². The number of nitrogens with zero attached hydrogens (tertiary/aromatic N) is 4. The summed E-state index contributed by atoms with van der Waals surface area (Å²) in [4.78, 5) is 17.2. The van der Waals surface area contributed by atoms with Gasteiger partial charge >= 0.3 is 0 Å². The molecule has 0 aliphatic carbocycles. The SMILES string of the molecule is COc1ccc(CN2CCN(CC(=O)NCc3coc(-c4ccn(-c5ccccc5)n4)c3)CC2)c(OC)c1OC. The lowest BCUT2D eigenvalue weighted by Crippen LogP contribution is -2.49. The van der Waals surface area contributed by atoms with Gasteiger partial charge in [0.05, 0.1) is 39.8 Å². The van der Waals surface area contributed by atoms with E-state index < -0.39 is 0 Å². The van der Waals surface area contributed by atoms with Gasteiger partial charge in [-0.2, -0.15) is 5.10 Å². The smallest absolute Gasteiger partial charge is 0.234 e. The van der Waals surface area contributed by atoms with E-state index >= 15 is 0 Å². The molecule has 210 valence electrons. The Morgan fingerprint density at radius 1 is 0.925 bits per heavy atom. The van der Waals surface area contributed by atoms with Gasteiger partial charge in [0.25, 0.3) is 0 Å². The van der Waals surface area contributed by atoms with Crippen molar-refractivity contribution in [3.8, 4) is 34.4 Å². The van der Waals surface area contributed by atoms with E-state index in [0.29, 0.717) is 36.1 Å². The number of nitrogens with one attached hydrogen (secondary N) is 1. The van der Waals surface area contributed by atoms with Crippen LogP contribution in [0.4, 0.5) is 0 Å². The average Bonchev–Trinajstić information content (AvgIpc) is 3.67. The Morgan fingerprint density at radius 2 is 1.68 bits per heavy atom. The molecule has 5 rings (SSSR count). The van der Waals surface area contributed by atoms with Crippen molar-refractivity contribution in [1.82, 2.24) is 24.9 Å². The topological polar surface area (TPSA) is 94.2 Å². The summed E-state index contributed by atoms with van der Waals surface area (Å²) in [5.41, 5.74) is 3.66. The maximum Gasteiger partial charge on any atom is 0.234 e. The van der Waals surface area contributed by atoms with Crippen LogP contribution in [0.5, 0.6) is 17.2 Å². The third-order valence-corrected chi connectivity index (χ3v) is 7.02. The summed E-state index contributed by atoms with van der Waals surface area (Å²) < 4.78 is 24.1. The second-order valence-electron chi connectivity index (χ2n) is 9.62. The van der Waals surface area contributed by atoms with Crippen LogP contribution in [0.15, 0.2) is 71.5 Å². The number of para-hydroxylation sites is 1. The van der Waals surface area contributed by atoms with Crippen molar-refractivity contribution in [3.05, 3.63) is 78.2 Å². The number of carbonyl (C=O) groups is 1. The second kappa shape index (κ2) is 12.7. The first kappa shape index (κ1) is 27.3. The Labute approximate surface area is 234 Å². The zero-order valence-corrected chi connectivity index (χ0v) is 23.1. The lowest BCUT2D eigenvalue weighted by molar-refractivity contribution is -0.122. The Balaban J connectivity index is 1.08. The van der Waals surface area contributed by atoms with Crippen LogP contribution in [0, 0.1) is 0 Å². The van der Waals surface area contributed by atoms with E-state index in [1.54, 1.807) is 27.6 Å². The number of piperazine rings is 1. The molecule has 0 bridgehead atoms. The van der Waals surface area contributed by atoms with Gasteiger partial charge in [-0.3, -0.25) is 14.6 Å². The third-order valence-electron chi connectivity index (χ3n) is 7.02.